The van der Waals surface area contributed by atoms with Crippen molar-refractivity contribution in [2.75, 3.05) is 59.4 Å². The Morgan fingerprint density at radius 1 is 0.944 bits per heavy atom. The zero-order valence-corrected chi connectivity index (χ0v) is 12.0. The smallest absolute Gasteiger partial charge is 0.0218 e. The Balaban J connectivity index is 1.73. The highest BCUT2D eigenvalue weighted by Crippen LogP contribution is 2.15. The average molecular weight is 254 g/mol. The SMILES string of the molecule is CN1CCN(CCN2CCCCCC2CN)CC1. The standard InChI is InChI=1S/C14H30N4/c1-16-7-9-17(10-8-16)11-12-18-6-4-2-3-5-14(18)13-15/h14H,2-13,15H2,1H3. The summed E-state index contributed by atoms with van der Waals surface area (Å²) in [6.45, 7) is 9.45. The second kappa shape index (κ2) is 7.43. The highest BCUT2D eigenvalue weighted by Gasteiger charge is 2.21. The van der Waals surface area contributed by atoms with E-state index in [-0.39, 0.29) is 0 Å². The van der Waals surface area contributed by atoms with Gasteiger partial charge in [0.25, 0.3) is 0 Å². The van der Waals surface area contributed by atoms with E-state index >= 15 is 0 Å². The Hall–Kier alpha value is -0.160. The zero-order valence-electron chi connectivity index (χ0n) is 12.0. The molecule has 0 aromatic carbocycles. The normalized spacial score (nSPS) is 29.3. The molecule has 4 heteroatoms. The fourth-order valence-corrected chi connectivity index (χ4v) is 3.14. The van der Waals surface area contributed by atoms with E-state index in [0.717, 1.165) is 6.54 Å². The minimum atomic E-state index is 0.639. The van der Waals surface area contributed by atoms with Crippen LogP contribution in [-0.4, -0.2) is 80.1 Å². The molecule has 2 fully saturated rings. The van der Waals surface area contributed by atoms with E-state index < -0.39 is 0 Å². The first-order valence-electron chi connectivity index (χ1n) is 7.64. The maximum absolute atomic E-state index is 5.93. The first-order valence-corrected chi connectivity index (χ1v) is 7.64. The van der Waals surface area contributed by atoms with Gasteiger partial charge in [0.15, 0.2) is 0 Å². The van der Waals surface area contributed by atoms with Crippen molar-refractivity contribution in [2.24, 2.45) is 5.73 Å². The van der Waals surface area contributed by atoms with Crippen LogP contribution >= 0.6 is 0 Å². The molecule has 0 aliphatic carbocycles. The quantitative estimate of drug-likeness (QED) is 0.789. The van der Waals surface area contributed by atoms with E-state index in [1.165, 1.54) is 71.5 Å². The second-order valence-corrected chi connectivity index (χ2v) is 5.92. The lowest BCUT2D eigenvalue weighted by molar-refractivity contribution is 0.121. The highest BCUT2D eigenvalue weighted by molar-refractivity contribution is 4.78. The summed E-state index contributed by atoms with van der Waals surface area (Å²) < 4.78 is 0. The third-order valence-corrected chi connectivity index (χ3v) is 4.57. The molecule has 1 atom stereocenters. The van der Waals surface area contributed by atoms with Gasteiger partial charge in [-0.15, -0.1) is 0 Å². The highest BCUT2D eigenvalue weighted by atomic mass is 15.3. The Morgan fingerprint density at radius 3 is 2.44 bits per heavy atom. The number of nitrogens with zero attached hydrogens (tertiary/aromatic N) is 3. The van der Waals surface area contributed by atoms with E-state index in [2.05, 4.69) is 21.7 Å². The van der Waals surface area contributed by atoms with E-state index in [1.54, 1.807) is 0 Å². The second-order valence-electron chi connectivity index (χ2n) is 5.92. The molecule has 2 aliphatic heterocycles. The van der Waals surface area contributed by atoms with E-state index in [9.17, 15) is 0 Å². The van der Waals surface area contributed by atoms with Crippen molar-refractivity contribution < 1.29 is 0 Å². The molecule has 2 heterocycles. The van der Waals surface area contributed by atoms with Gasteiger partial charge in [-0.1, -0.05) is 12.8 Å². The van der Waals surface area contributed by atoms with E-state index in [4.69, 9.17) is 5.73 Å². The van der Waals surface area contributed by atoms with Crippen molar-refractivity contribution in [2.45, 2.75) is 31.7 Å². The van der Waals surface area contributed by atoms with Crippen LogP contribution in [0.4, 0.5) is 0 Å². The number of likely N-dealkylation sites (N-methyl/N-ethyl adjacent to an activating group) is 1. The first kappa shape index (κ1) is 14.3. The number of nitrogens with two attached hydrogens (primary N) is 1. The molecular weight excluding hydrogens is 224 g/mol. The van der Waals surface area contributed by atoms with Gasteiger partial charge < -0.3 is 10.6 Å². The van der Waals surface area contributed by atoms with Crippen molar-refractivity contribution in [3.05, 3.63) is 0 Å². The van der Waals surface area contributed by atoms with Gasteiger partial charge in [-0.25, -0.2) is 0 Å². The van der Waals surface area contributed by atoms with Crippen LogP contribution in [0.1, 0.15) is 25.7 Å². The van der Waals surface area contributed by atoms with Gasteiger partial charge in [0, 0.05) is 51.9 Å². The van der Waals surface area contributed by atoms with Crippen molar-refractivity contribution in [1.29, 1.82) is 0 Å². The number of likely N-dealkylation sites (tertiary alicyclic amines) is 1. The number of hydrogen-bond acceptors (Lipinski definition) is 4. The fourth-order valence-electron chi connectivity index (χ4n) is 3.14. The Bertz CT molecular complexity index is 226. The molecule has 0 saturated carbocycles. The summed E-state index contributed by atoms with van der Waals surface area (Å²) in [6, 6.07) is 0.639. The van der Waals surface area contributed by atoms with E-state index in [0.29, 0.717) is 6.04 Å². The van der Waals surface area contributed by atoms with Crippen molar-refractivity contribution in [3.8, 4) is 0 Å². The largest absolute Gasteiger partial charge is 0.329 e. The molecule has 0 amide bonds. The van der Waals surface area contributed by atoms with Gasteiger partial charge in [-0.2, -0.15) is 0 Å². The molecule has 2 N–H and O–H groups in total. The predicted octanol–water partition coefficient (Wildman–Crippen LogP) is 0.437. The van der Waals surface area contributed by atoms with Crippen LogP contribution in [0.15, 0.2) is 0 Å². The Morgan fingerprint density at radius 2 is 1.72 bits per heavy atom. The lowest BCUT2D eigenvalue weighted by Gasteiger charge is -2.35. The summed E-state index contributed by atoms with van der Waals surface area (Å²) in [5, 5.41) is 0. The van der Waals surface area contributed by atoms with Gasteiger partial charge in [0.2, 0.25) is 0 Å². The topological polar surface area (TPSA) is 35.7 Å². The lowest BCUT2D eigenvalue weighted by Crippen LogP contribution is -2.49. The monoisotopic (exact) mass is 254 g/mol. The average Bonchev–Trinajstić information content (AvgIpc) is 2.63. The molecule has 18 heavy (non-hydrogen) atoms. The lowest BCUT2D eigenvalue weighted by atomic mass is 10.1. The van der Waals surface area contributed by atoms with Gasteiger partial charge in [0.05, 0.1) is 0 Å². The van der Waals surface area contributed by atoms with Gasteiger partial charge in [-0.05, 0) is 26.4 Å². The molecule has 2 saturated heterocycles. The fraction of sp³-hybridized carbons (Fsp3) is 1.00. The van der Waals surface area contributed by atoms with Crippen LogP contribution < -0.4 is 5.73 Å². The van der Waals surface area contributed by atoms with Gasteiger partial charge in [-0.3, -0.25) is 9.80 Å². The van der Waals surface area contributed by atoms with Crippen molar-refractivity contribution >= 4 is 0 Å². The first-order chi connectivity index (χ1) is 8.79. The van der Waals surface area contributed by atoms with Crippen LogP contribution in [-0.2, 0) is 0 Å². The summed E-state index contributed by atoms with van der Waals surface area (Å²) in [6.07, 6.45) is 5.42. The number of hydrogen-bond donors (Lipinski definition) is 1. The maximum Gasteiger partial charge on any atom is 0.0218 e. The van der Waals surface area contributed by atoms with E-state index in [1.807, 2.05) is 0 Å². The van der Waals surface area contributed by atoms with Crippen LogP contribution in [0.25, 0.3) is 0 Å². The molecule has 4 nitrogen and oxygen atoms in total. The van der Waals surface area contributed by atoms with Crippen molar-refractivity contribution in [3.63, 3.8) is 0 Å². The van der Waals surface area contributed by atoms with Crippen LogP contribution in [0.3, 0.4) is 0 Å². The summed E-state index contributed by atoms with van der Waals surface area (Å²) in [5.74, 6) is 0. The maximum atomic E-state index is 5.93. The summed E-state index contributed by atoms with van der Waals surface area (Å²) in [5.41, 5.74) is 5.93. The minimum Gasteiger partial charge on any atom is -0.329 e. The third-order valence-electron chi connectivity index (χ3n) is 4.57. The Kier molecular flexibility index (Phi) is 5.89. The van der Waals surface area contributed by atoms with Crippen LogP contribution in [0.5, 0.6) is 0 Å². The molecule has 1 unspecified atom stereocenters. The molecule has 2 rings (SSSR count). The molecule has 106 valence electrons. The summed E-state index contributed by atoms with van der Waals surface area (Å²) >= 11 is 0. The van der Waals surface area contributed by atoms with Crippen LogP contribution in [0.2, 0.25) is 0 Å². The summed E-state index contributed by atoms with van der Waals surface area (Å²) in [4.78, 5) is 7.68. The molecule has 2 aliphatic rings. The third kappa shape index (κ3) is 4.19. The van der Waals surface area contributed by atoms with Crippen molar-refractivity contribution in [1.82, 2.24) is 14.7 Å². The minimum absolute atomic E-state index is 0.639. The number of piperazine rings is 1. The molecule has 0 bridgehead atoms. The number of rotatable bonds is 4. The van der Waals surface area contributed by atoms with Gasteiger partial charge in [0.1, 0.15) is 0 Å². The van der Waals surface area contributed by atoms with Crippen LogP contribution in [0, 0.1) is 0 Å². The van der Waals surface area contributed by atoms with Gasteiger partial charge >= 0.3 is 0 Å². The molecule has 0 aromatic heterocycles. The summed E-state index contributed by atoms with van der Waals surface area (Å²) in [7, 11) is 2.22. The molecule has 0 radical (unpaired) electrons. The zero-order chi connectivity index (χ0) is 12.8. The predicted molar refractivity (Wildman–Crippen MR) is 76.8 cm³/mol. The molecule has 0 spiro atoms. The molecular formula is C14H30N4. The Labute approximate surface area is 112 Å². The molecule has 0 aromatic rings.